The van der Waals surface area contributed by atoms with Gasteiger partial charge >= 0.3 is 5.97 Å². The number of carbonyl (C=O) groups excluding carboxylic acids is 2. The summed E-state index contributed by atoms with van der Waals surface area (Å²) in [6, 6.07) is -0.586. The lowest BCUT2D eigenvalue weighted by Gasteiger charge is -2.22. The monoisotopic (exact) mass is 872 g/mol. The first-order valence-electron chi connectivity index (χ1n) is 27.2. The Labute approximate surface area is 385 Å². The van der Waals surface area contributed by atoms with Gasteiger partial charge in [0.2, 0.25) is 5.91 Å². The Bertz CT molecular complexity index is 1010. The lowest BCUT2D eigenvalue weighted by atomic mass is 10.0. The van der Waals surface area contributed by atoms with Crippen molar-refractivity contribution < 1.29 is 24.5 Å². The highest BCUT2D eigenvalue weighted by Crippen LogP contribution is 2.16. The number of unbranched alkanes of at least 4 members (excludes halogenated alkanes) is 33. The lowest BCUT2D eigenvalue weighted by molar-refractivity contribution is -0.143. The predicted octanol–water partition coefficient (Wildman–Crippen LogP) is 16.5. The van der Waals surface area contributed by atoms with E-state index in [1.54, 1.807) is 0 Å². The summed E-state index contributed by atoms with van der Waals surface area (Å²) in [5, 5.41) is 23.2. The third kappa shape index (κ3) is 47.6. The number of amides is 1. The van der Waals surface area contributed by atoms with E-state index in [0.29, 0.717) is 32.3 Å². The zero-order valence-corrected chi connectivity index (χ0v) is 41.4. The van der Waals surface area contributed by atoms with Crippen molar-refractivity contribution >= 4 is 11.9 Å². The number of aliphatic hydroxyl groups is 2. The fraction of sp³-hybridized carbons (Fsp3) is 0.857. The van der Waals surface area contributed by atoms with E-state index in [4.69, 9.17) is 4.74 Å². The highest BCUT2D eigenvalue weighted by molar-refractivity contribution is 5.76. The number of ether oxygens (including phenoxy) is 1. The second kappa shape index (κ2) is 51.7. The van der Waals surface area contributed by atoms with Crippen LogP contribution in [0.2, 0.25) is 0 Å². The molecule has 0 rings (SSSR count). The zero-order valence-electron chi connectivity index (χ0n) is 41.4. The minimum absolute atomic E-state index is 0.0271. The van der Waals surface area contributed by atoms with Gasteiger partial charge in [-0.1, -0.05) is 237 Å². The molecule has 0 saturated heterocycles. The fourth-order valence-electron chi connectivity index (χ4n) is 8.21. The number of carbonyl (C=O) groups is 2. The molecule has 62 heavy (non-hydrogen) atoms. The Kier molecular flexibility index (Phi) is 50.1. The van der Waals surface area contributed by atoms with E-state index < -0.39 is 12.1 Å². The molecule has 0 radical (unpaired) electrons. The molecule has 0 heterocycles. The minimum Gasteiger partial charge on any atom is -0.466 e. The summed E-state index contributed by atoms with van der Waals surface area (Å²) in [7, 11) is 0. The molecular formula is C56H105NO5. The SMILES string of the molecule is CCCCC/C=C\CCCCCCCC(=O)OCCCCCCCC/C=C\C/C=C\CCC(=O)NC(CO)C(O)CCCCCCCCCCCCCCCCCCCCCC. The minimum atomic E-state index is -0.700. The van der Waals surface area contributed by atoms with Crippen LogP contribution >= 0.6 is 0 Å². The molecule has 0 aromatic heterocycles. The number of hydrogen-bond acceptors (Lipinski definition) is 5. The summed E-state index contributed by atoms with van der Waals surface area (Å²) >= 11 is 0. The van der Waals surface area contributed by atoms with E-state index in [2.05, 4.69) is 49.5 Å². The molecule has 0 aliphatic carbocycles. The third-order valence-corrected chi connectivity index (χ3v) is 12.4. The third-order valence-electron chi connectivity index (χ3n) is 12.4. The summed E-state index contributed by atoms with van der Waals surface area (Å²) < 4.78 is 5.44. The number of aliphatic hydroxyl groups excluding tert-OH is 2. The van der Waals surface area contributed by atoms with Gasteiger partial charge in [0, 0.05) is 12.8 Å². The molecule has 364 valence electrons. The van der Waals surface area contributed by atoms with E-state index in [-0.39, 0.29) is 18.5 Å². The van der Waals surface area contributed by atoms with Gasteiger partial charge < -0.3 is 20.3 Å². The molecule has 0 aromatic carbocycles. The van der Waals surface area contributed by atoms with Crippen LogP contribution < -0.4 is 5.32 Å². The molecule has 0 bridgehead atoms. The molecule has 3 N–H and O–H groups in total. The van der Waals surface area contributed by atoms with Gasteiger partial charge in [-0.05, 0) is 70.6 Å². The van der Waals surface area contributed by atoms with Crippen molar-refractivity contribution in [1.29, 1.82) is 0 Å². The largest absolute Gasteiger partial charge is 0.466 e. The first-order chi connectivity index (χ1) is 30.5. The van der Waals surface area contributed by atoms with Gasteiger partial charge in [-0.2, -0.15) is 0 Å². The molecule has 1 amide bonds. The Morgan fingerprint density at radius 3 is 1.31 bits per heavy atom. The summed E-state index contributed by atoms with van der Waals surface area (Å²) in [5.41, 5.74) is 0. The summed E-state index contributed by atoms with van der Waals surface area (Å²) in [4.78, 5) is 24.4. The predicted molar refractivity (Wildman–Crippen MR) is 269 cm³/mol. The summed E-state index contributed by atoms with van der Waals surface area (Å²) in [6.45, 7) is 4.87. The molecule has 0 fully saturated rings. The van der Waals surface area contributed by atoms with Gasteiger partial charge in [0.15, 0.2) is 0 Å². The molecule has 2 unspecified atom stereocenters. The van der Waals surface area contributed by atoms with Crippen LogP contribution in [-0.4, -0.2) is 47.4 Å². The van der Waals surface area contributed by atoms with Gasteiger partial charge in [-0.3, -0.25) is 9.59 Å². The van der Waals surface area contributed by atoms with E-state index in [9.17, 15) is 19.8 Å². The molecule has 6 nitrogen and oxygen atoms in total. The van der Waals surface area contributed by atoms with Crippen LogP contribution in [-0.2, 0) is 14.3 Å². The highest BCUT2D eigenvalue weighted by Gasteiger charge is 2.19. The first kappa shape index (κ1) is 60.1. The maximum absolute atomic E-state index is 12.4. The van der Waals surface area contributed by atoms with Gasteiger partial charge in [0.1, 0.15) is 0 Å². The van der Waals surface area contributed by atoms with E-state index in [1.807, 2.05) is 6.08 Å². The van der Waals surface area contributed by atoms with Crippen molar-refractivity contribution in [2.24, 2.45) is 0 Å². The highest BCUT2D eigenvalue weighted by atomic mass is 16.5. The Morgan fingerprint density at radius 1 is 0.452 bits per heavy atom. The maximum Gasteiger partial charge on any atom is 0.305 e. The number of hydrogen-bond donors (Lipinski definition) is 3. The smallest absolute Gasteiger partial charge is 0.305 e. The maximum atomic E-state index is 12.4. The van der Waals surface area contributed by atoms with Crippen LogP contribution in [0.15, 0.2) is 36.5 Å². The number of nitrogens with one attached hydrogen (secondary N) is 1. The quantitative estimate of drug-likeness (QED) is 0.0321. The number of esters is 1. The average molecular weight is 872 g/mol. The molecule has 0 saturated carbocycles. The van der Waals surface area contributed by atoms with Crippen LogP contribution in [0.3, 0.4) is 0 Å². The summed E-state index contributed by atoms with van der Waals surface area (Å²) in [6.07, 6.45) is 62.8. The van der Waals surface area contributed by atoms with E-state index >= 15 is 0 Å². The Morgan fingerprint density at radius 2 is 0.823 bits per heavy atom. The van der Waals surface area contributed by atoms with Crippen LogP contribution in [0, 0.1) is 0 Å². The van der Waals surface area contributed by atoms with Crippen LogP contribution in [0.5, 0.6) is 0 Å². The molecule has 0 aliphatic heterocycles. The number of rotatable bonds is 50. The van der Waals surface area contributed by atoms with Gasteiger partial charge in [-0.25, -0.2) is 0 Å². The van der Waals surface area contributed by atoms with Crippen molar-refractivity contribution in [3.05, 3.63) is 36.5 Å². The van der Waals surface area contributed by atoms with Gasteiger partial charge in [0.25, 0.3) is 0 Å². The molecule has 0 spiro atoms. The van der Waals surface area contributed by atoms with Gasteiger partial charge in [0.05, 0.1) is 25.4 Å². The first-order valence-corrected chi connectivity index (χ1v) is 27.2. The fourth-order valence-corrected chi connectivity index (χ4v) is 8.21. The number of allylic oxidation sites excluding steroid dienone is 6. The van der Waals surface area contributed by atoms with E-state index in [1.165, 1.54) is 193 Å². The van der Waals surface area contributed by atoms with Crippen molar-refractivity contribution in [3.8, 4) is 0 Å². The van der Waals surface area contributed by atoms with E-state index in [0.717, 1.165) is 51.4 Å². The zero-order chi connectivity index (χ0) is 45.1. The van der Waals surface area contributed by atoms with Crippen molar-refractivity contribution in [1.82, 2.24) is 5.32 Å². The molecule has 6 heteroatoms. The van der Waals surface area contributed by atoms with Crippen LogP contribution in [0.4, 0.5) is 0 Å². The van der Waals surface area contributed by atoms with Crippen LogP contribution in [0.25, 0.3) is 0 Å². The summed E-state index contributed by atoms with van der Waals surface area (Å²) in [5.74, 6) is -0.142. The molecular weight excluding hydrogens is 767 g/mol. The topological polar surface area (TPSA) is 95.9 Å². The molecule has 2 atom stereocenters. The second-order valence-corrected chi connectivity index (χ2v) is 18.6. The lowest BCUT2D eigenvalue weighted by Crippen LogP contribution is -2.45. The standard InChI is InChI=1S/C56H105NO5/c1-3-5-7-9-11-13-15-17-18-19-20-21-22-23-25-28-32-36-40-44-48-54(59)53(52-58)57-55(60)49-45-41-37-33-29-26-24-27-31-35-39-43-47-51-62-56(61)50-46-42-38-34-30-16-14-12-10-8-6-4-2/h12,14,26,29,37,41,53-54,58-59H,3-11,13,15-25,27-28,30-36,38-40,42-52H2,1-2H3,(H,57,60)/b14-12-,29-26-,41-37-. The second-order valence-electron chi connectivity index (χ2n) is 18.6. The van der Waals surface area contributed by atoms with Crippen molar-refractivity contribution in [3.63, 3.8) is 0 Å². The van der Waals surface area contributed by atoms with Crippen molar-refractivity contribution in [2.45, 2.75) is 296 Å². The Hall–Kier alpha value is -1.92. The van der Waals surface area contributed by atoms with Crippen molar-refractivity contribution in [2.75, 3.05) is 13.2 Å². The van der Waals surface area contributed by atoms with Crippen LogP contribution in [0.1, 0.15) is 284 Å². The normalized spacial score (nSPS) is 12.9. The molecule has 0 aromatic rings. The van der Waals surface area contributed by atoms with Gasteiger partial charge in [-0.15, -0.1) is 0 Å². The average Bonchev–Trinajstić information content (AvgIpc) is 3.27. The Balaban J connectivity index is 3.56. The molecule has 0 aliphatic rings.